The predicted molar refractivity (Wildman–Crippen MR) is 84.1 cm³/mol. The molecule has 0 aliphatic rings. The fraction of sp³-hybridized carbons (Fsp3) is 0.412. The third-order valence-electron chi connectivity index (χ3n) is 3.07. The summed E-state index contributed by atoms with van der Waals surface area (Å²) < 4.78 is 10.0. The summed E-state index contributed by atoms with van der Waals surface area (Å²) in [5, 5.41) is 2.64. The highest BCUT2D eigenvalue weighted by Crippen LogP contribution is 2.04. The number of carbonyl (C=O) groups is 2. The van der Waals surface area contributed by atoms with Crippen LogP contribution in [0.25, 0.3) is 0 Å². The molecule has 1 aromatic carbocycles. The summed E-state index contributed by atoms with van der Waals surface area (Å²) in [4.78, 5) is 23.5. The average Bonchev–Trinajstić information content (AvgIpc) is 2.54. The molecule has 0 bridgehead atoms. The summed E-state index contributed by atoms with van der Waals surface area (Å²) in [5.41, 5.74) is 0.991. The van der Waals surface area contributed by atoms with E-state index in [0.29, 0.717) is 13.0 Å². The molecule has 0 fully saturated rings. The van der Waals surface area contributed by atoms with E-state index in [1.807, 2.05) is 30.3 Å². The number of benzene rings is 1. The molecule has 0 unspecified atom stereocenters. The number of hydrogen-bond acceptors (Lipinski definition) is 4. The van der Waals surface area contributed by atoms with E-state index in [1.165, 1.54) is 7.11 Å². The van der Waals surface area contributed by atoms with Crippen molar-refractivity contribution in [2.24, 2.45) is 0 Å². The number of allylic oxidation sites excluding steroid dienone is 1. The van der Waals surface area contributed by atoms with Gasteiger partial charge in [0, 0.05) is 0 Å². The van der Waals surface area contributed by atoms with E-state index in [0.717, 1.165) is 18.4 Å². The minimum absolute atomic E-state index is 0.0934. The fourth-order valence-electron chi connectivity index (χ4n) is 1.93. The van der Waals surface area contributed by atoms with Gasteiger partial charge in [0.05, 0.1) is 13.7 Å². The number of amides is 1. The van der Waals surface area contributed by atoms with Gasteiger partial charge in [0.1, 0.15) is 12.6 Å². The first-order chi connectivity index (χ1) is 10.7. The molecular weight excluding hydrogens is 282 g/mol. The quantitative estimate of drug-likeness (QED) is 0.409. The zero-order valence-electron chi connectivity index (χ0n) is 12.9. The number of nitrogens with one attached hydrogen (secondary N) is 1. The number of methoxy groups -OCH3 is 1. The number of unbranched alkanes of at least 4 members (excludes halogenated alkanes) is 1. The van der Waals surface area contributed by atoms with Gasteiger partial charge in [-0.1, -0.05) is 36.4 Å². The molecule has 1 amide bonds. The van der Waals surface area contributed by atoms with E-state index < -0.39 is 12.0 Å². The third kappa shape index (κ3) is 7.04. The molecule has 0 heterocycles. The van der Waals surface area contributed by atoms with Crippen molar-refractivity contribution < 1.29 is 19.1 Å². The molecule has 22 heavy (non-hydrogen) atoms. The maximum absolute atomic E-state index is 11.8. The van der Waals surface area contributed by atoms with E-state index >= 15 is 0 Å². The summed E-state index contributed by atoms with van der Waals surface area (Å²) in [7, 11) is 1.31. The second kappa shape index (κ2) is 10.6. The van der Waals surface area contributed by atoms with Gasteiger partial charge in [0.2, 0.25) is 5.91 Å². The number of hydrogen-bond donors (Lipinski definition) is 1. The smallest absolute Gasteiger partial charge is 0.328 e. The van der Waals surface area contributed by atoms with E-state index in [9.17, 15) is 9.59 Å². The minimum atomic E-state index is -0.641. The second-order valence-electron chi connectivity index (χ2n) is 4.84. The lowest BCUT2D eigenvalue weighted by molar-refractivity contribution is -0.146. The van der Waals surface area contributed by atoms with Gasteiger partial charge in [-0.15, -0.1) is 6.58 Å². The molecule has 0 aromatic heterocycles. The molecule has 0 radical (unpaired) electrons. The average molecular weight is 305 g/mol. The number of esters is 1. The maximum Gasteiger partial charge on any atom is 0.328 e. The van der Waals surface area contributed by atoms with Crippen LogP contribution < -0.4 is 5.32 Å². The van der Waals surface area contributed by atoms with Gasteiger partial charge in [0.15, 0.2) is 0 Å². The number of ether oxygens (including phenoxy) is 2. The zero-order chi connectivity index (χ0) is 16.2. The summed E-state index contributed by atoms with van der Waals surface area (Å²) in [5.74, 6) is -0.773. The van der Waals surface area contributed by atoms with Crippen LogP contribution in [0.1, 0.15) is 24.8 Å². The van der Waals surface area contributed by atoms with Crippen LogP contribution in [0.4, 0.5) is 0 Å². The van der Waals surface area contributed by atoms with Gasteiger partial charge >= 0.3 is 5.97 Å². The normalized spacial score (nSPS) is 11.5. The predicted octanol–water partition coefficient (Wildman–Crippen LogP) is 2.22. The van der Waals surface area contributed by atoms with Crippen molar-refractivity contribution in [3.8, 4) is 0 Å². The van der Waals surface area contributed by atoms with E-state index in [2.05, 4.69) is 11.9 Å². The van der Waals surface area contributed by atoms with Crippen LogP contribution in [-0.4, -0.2) is 31.6 Å². The van der Waals surface area contributed by atoms with Crippen molar-refractivity contribution in [2.45, 2.75) is 31.9 Å². The van der Waals surface area contributed by atoms with Crippen LogP contribution in [0, 0.1) is 0 Å². The van der Waals surface area contributed by atoms with Gasteiger partial charge < -0.3 is 14.8 Å². The van der Waals surface area contributed by atoms with Crippen molar-refractivity contribution in [1.29, 1.82) is 0 Å². The Kier molecular flexibility index (Phi) is 8.60. The largest absolute Gasteiger partial charge is 0.467 e. The molecule has 0 saturated carbocycles. The molecule has 1 rings (SSSR count). The highest BCUT2D eigenvalue weighted by atomic mass is 16.5. The third-order valence-corrected chi connectivity index (χ3v) is 3.07. The van der Waals surface area contributed by atoms with Crippen molar-refractivity contribution in [1.82, 2.24) is 5.32 Å². The van der Waals surface area contributed by atoms with E-state index in [4.69, 9.17) is 9.47 Å². The molecule has 0 saturated heterocycles. The molecule has 0 aliphatic heterocycles. The molecule has 5 heteroatoms. The van der Waals surface area contributed by atoms with Crippen LogP contribution in [0.5, 0.6) is 0 Å². The molecule has 1 aromatic rings. The lowest BCUT2D eigenvalue weighted by Crippen LogP contribution is -2.43. The molecule has 0 spiro atoms. The molecule has 1 N–H and O–H groups in total. The molecule has 1 atom stereocenters. The minimum Gasteiger partial charge on any atom is -0.467 e. The van der Waals surface area contributed by atoms with Crippen molar-refractivity contribution in [3.05, 3.63) is 48.6 Å². The van der Waals surface area contributed by atoms with E-state index in [-0.39, 0.29) is 12.5 Å². The van der Waals surface area contributed by atoms with Gasteiger partial charge in [0.25, 0.3) is 0 Å². The first-order valence-electron chi connectivity index (χ1n) is 7.27. The Morgan fingerprint density at radius 1 is 1.32 bits per heavy atom. The highest BCUT2D eigenvalue weighted by molar-refractivity contribution is 5.84. The molecular formula is C17H23NO4. The molecule has 5 nitrogen and oxygen atoms in total. The van der Waals surface area contributed by atoms with Crippen LogP contribution in [0.2, 0.25) is 0 Å². The maximum atomic E-state index is 11.8. The Balaban J connectivity index is 2.35. The Labute approximate surface area is 131 Å². The number of carbonyl (C=O) groups excluding carboxylic acids is 2. The second-order valence-corrected chi connectivity index (χ2v) is 4.84. The first kappa shape index (κ1) is 17.9. The Hall–Kier alpha value is -2.14. The lowest BCUT2D eigenvalue weighted by Gasteiger charge is -2.16. The van der Waals surface area contributed by atoms with E-state index in [1.54, 1.807) is 6.08 Å². The topological polar surface area (TPSA) is 64.6 Å². The zero-order valence-corrected chi connectivity index (χ0v) is 12.9. The monoisotopic (exact) mass is 305 g/mol. The Morgan fingerprint density at radius 3 is 2.68 bits per heavy atom. The lowest BCUT2D eigenvalue weighted by atomic mass is 10.1. The van der Waals surface area contributed by atoms with Gasteiger partial charge in [-0.05, 0) is 24.8 Å². The van der Waals surface area contributed by atoms with Crippen LogP contribution >= 0.6 is 0 Å². The summed E-state index contributed by atoms with van der Waals surface area (Å²) in [6.07, 6.45) is 3.84. The van der Waals surface area contributed by atoms with Crippen molar-refractivity contribution in [2.75, 3.05) is 13.7 Å². The van der Waals surface area contributed by atoms with Crippen LogP contribution in [0.3, 0.4) is 0 Å². The Bertz CT molecular complexity index is 473. The van der Waals surface area contributed by atoms with Crippen molar-refractivity contribution in [3.63, 3.8) is 0 Å². The molecule has 120 valence electrons. The standard InChI is InChI=1S/C17H23NO4/c1-3-4-6-11-15(17(20)21-2)18-16(19)13-22-12-14-9-7-5-8-10-14/h3,5,7-10,15H,1,4,6,11-13H2,2H3,(H,18,19)/t15-/m1/s1. The fourth-order valence-corrected chi connectivity index (χ4v) is 1.93. The van der Waals surface area contributed by atoms with Crippen LogP contribution in [0.15, 0.2) is 43.0 Å². The highest BCUT2D eigenvalue weighted by Gasteiger charge is 2.20. The Morgan fingerprint density at radius 2 is 2.05 bits per heavy atom. The van der Waals surface area contributed by atoms with Gasteiger partial charge in [-0.3, -0.25) is 4.79 Å². The molecule has 0 aliphatic carbocycles. The van der Waals surface area contributed by atoms with Gasteiger partial charge in [-0.25, -0.2) is 4.79 Å². The van der Waals surface area contributed by atoms with Gasteiger partial charge in [-0.2, -0.15) is 0 Å². The van der Waals surface area contributed by atoms with Crippen LogP contribution in [-0.2, 0) is 25.7 Å². The first-order valence-corrected chi connectivity index (χ1v) is 7.27. The summed E-state index contributed by atoms with van der Waals surface area (Å²) in [6, 6.07) is 8.94. The summed E-state index contributed by atoms with van der Waals surface area (Å²) in [6.45, 7) is 3.89. The SMILES string of the molecule is C=CCCC[C@@H](NC(=O)COCc1ccccc1)C(=O)OC. The summed E-state index contributed by atoms with van der Waals surface area (Å²) >= 11 is 0. The number of rotatable bonds is 10. The van der Waals surface area contributed by atoms with Crippen molar-refractivity contribution >= 4 is 11.9 Å².